The molecule has 0 atom stereocenters. The van der Waals surface area contributed by atoms with Crippen LogP contribution >= 0.6 is 0 Å². The van der Waals surface area contributed by atoms with Crippen molar-refractivity contribution in [3.05, 3.63) is 212 Å². The number of benzene rings is 9. The maximum Gasteiger partial charge on any atom is 0.143 e. The van der Waals surface area contributed by atoms with Gasteiger partial charge < -0.3 is 9.32 Å². The van der Waals surface area contributed by atoms with Crippen molar-refractivity contribution in [3.63, 3.8) is 0 Å². The van der Waals surface area contributed by atoms with E-state index in [1.54, 1.807) is 0 Å². The molecule has 9 aromatic carbocycles. The molecule has 0 N–H and O–H groups in total. The van der Waals surface area contributed by atoms with Gasteiger partial charge in [0.1, 0.15) is 11.2 Å². The second-order valence-corrected chi connectivity index (χ2v) is 13.7. The molecule has 0 saturated heterocycles. The standard InChI is InChI=1S/C52H35NO/c1-5-15-36(16-6-1)38-25-29-42(30-26-38)53(43-31-27-39(28-32-43)37-17-7-2-8-18-37)50-35-51-48(34-47(50)41-21-11-4-12-22-41)49-33-46(40-19-9-3-10-20-40)44-23-13-14-24-45(44)52(49)54-51/h1-35H. The molecule has 0 aliphatic heterocycles. The molecule has 0 fully saturated rings. The summed E-state index contributed by atoms with van der Waals surface area (Å²) in [4.78, 5) is 2.37. The van der Waals surface area contributed by atoms with Crippen molar-refractivity contribution in [2.45, 2.75) is 0 Å². The van der Waals surface area contributed by atoms with E-state index in [9.17, 15) is 0 Å². The lowest BCUT2D eigenvalue weighted by Gasteiger charge is -2.28. The third-order valence-electron chi connectivity index (χ3n) is 10.5. The van der Waals surface area contributed by atoms with Gasteiger partial charge in [0.15, 0.2) is 0 Å². The molecule has 1 heterocycles. The molecular weight excluding hydrogens is 655 g/mol. The van der Waals surface area contributed by atoms with Crippen LogP contribution in [0.2, 0.25) is 0 Å². The fourth-order valence-electron chi connectivity index (χ4n) is 7.82. The Morgan fingerprint density at radius 2 is 0.704 bits per heavy atom. The van der Waals surface area contributed by atoms with E-state index in [0.29, 0.717) is 0 Å². The van der Waals surface area contributed by atoms with Crippen molar-refractivity contribution in [1.29, 1.82) is 0 Å². The van der Waals surface area contributed by atoms with Gasteiger partial charge in [-0.05, 0) is 80.7 Å². The highest BCUT2D eigenvalue weighted by atomic mass is 16.3. The zero-order valence-corrected chi connectivity index (χ0v) is 29.6. The number of fused-ring (bicyclic) bond motifs is 5. The number of hydrogen-bond donors (Lipinski definition) is 0. The molecule has 54 heavy (non-hydrogen) atoms. The summed E-state index contributed by atoms with van der Waals surface area (Å²) >= 11 is 0. The zero-order valence-electron chi connectivity index (χ0n) is 29.6. The van der Waals surface area contributed by atoms with Gasteiger partial charge in [-0.25, -0.2) is 0 Å². The quantitative estimate of drug-likeness (QED) is 0.166. The van der Waals surface area contributed by atoms with Crippen LogP contribution in [0.15, 0.2) is 217 Å². The summed E-state index contributed by atoms with van der Waals surface area (Å²) in [6.45, 7) is 0. The van der Waals surface area contributed by atoms with Crippen molar-refractivity contribution in [2.75, 3.05) is 4.90 Å². The molecule has 2 nitrogen and oxygen atoms in total. The Labute approximate surface area is 314 Å². The van der Waals surface area contributed by atoms with Crippen LogP contribution in [0, 0.1) is 0 Å². The highest BCUT2D eigenvalue weighted by molar-refractivity contribution is 6.20. The van der Waals surface area contributed by atoms with E-state index in [1.165, 1.54) is 38.8 Å². The van der Waals surface area contributed by atoms with E-state index in [1.807, 2.05) is 0 Å². The van der Waals surface area contributed by atoms with Crippen LogP contribution < -0.4 is 4.90 Å². The molecule has 0 unspecified atom stereocenters. The number of nitrogens with zero attached hydrogens (tertiary/aromatic N) is 1. The minimum absolute atomic E-state index is 0.849. The molecule has 0 aliphatic carbocycles. The third-order valence-corrected chi connectivity index (χ3v) is 10.5. The molecule has 10 rings (SSSR count). The van der Waals surface area contributed by atoms with Crippen molar-refractivity contribution in [1.82, 2.24) is 0 Å². The van der Waals surface area contributed by atoms with Gasteiger partial charge in [-0.1, -0.05) is 170 Å². The van der Waals surface area contributed by atoms with E-state index in [0.717, 1.165) is 55.5 Å². The largest absolute Gasteiger partial charge is 0.455 e. The van der Waals surface area contributed by atoms with Gasteiger partial charge in [0, 0.05) is 39.2 Å². The fraction of sp³-hybridized carbons (Fsp3) is 0. The van der Waals surface area contributed by atoms with Gasteiger partial charge >= 0.3 is 0 Å². The highest BCUT2D eigenvalue weighted by Crippen LogP contribution is 2.47. The van der Waals surface area contributed by atoms with Crippen molar-refractivity contribution < 1.29 is 4.42 Å². The summed E-state index contributed by atoms with van der Waals surface area (Å²) in [7, 11) is 0. The van der Waals surface area contributed by atoms with E-state index in [2.05, 4.69) is 217 Å². The van der Waals surface area contributed by atoms with Gasteiger partial charge in [-0.2, -0.15) is 0 Å². The maximum absolute atomic E-state index is 6.94. The Kier molecular flexibility index (Phi) is 7.85. The first-order valence-electron chi connectivity index (χ1n) is 18.4. The lowest BCUT2D eigenvalue weighted by atomic mass is 9.94. The van der Waals surface area contributed by atoms with Crippen LogP contribution in [0.3, 0.4) is 0 Å². The lowest BCUT2D eigenvalue weighted by Crippen LogP contribution is -2.11. The Balaban J connectivity index is 1.22. The minimum atomic E-state index is 0.849. The van der Waals surface area contributed by atoms with E-state index in [4.69, 9.17) is 4.42 Å². The number of anilines is 3. The molecule has 0 amide bonds. The van der Waals surface area contributed by atoms with Gasteiger partial charge in [0.25, 0.3) is 0 Å². The van der Waals surface area contributed by atoms with Crippen molar-refractivity contribution in [2.24, 2.45) is 0 Å². The van der Waals surface area contributed by atoms with Crippen LogP contribution in [-0.4, -0.2) is 0 Å². The Morgan fingerprint density at radius 3 is 1.22 bits per heavy atom. The van der Waals surface area contributed by atoms with Gasteiger partial charge in [-0.3, -0.25) is 0 Å². The summed E-state index contributed by atoms with van der Waals surface area (Å²) in [5, 5.41) is 4.49. The SMILES string of the molecule is c1ccc(-c2ccc(N(c3ccc(-c4ccccc4)cc3)c3cc4oc5c6ccccc6c(-c6ccccc6)cc5c4cc3-c3ccccc3)cc2)cc1. The fourth-order valence-corrected chi connectivity index (χ4v) is 7.82. The molecule has 0 radical (unpaired) electrons. The molecule has 10 aromatic rings. The number of rotatable bonds is 7. The summed E-state index contributed by atoms with van der Waals surface area (Å²) in [6, 6.07) is 75.7. The first-order chi connectivity index (χ1) is 26.8. The van der Waals surface area contributed by atoms with Crippen LogP contribution in [0.25, 0.3) is 77.2 Å². The monoisotopic (exact) mass is 689 g/mol. The Bertz CT molecular complexity index is 2800. The third kappa shape index (κ3) is 5.62. The lowest BCUT2D eigenvalue weighted by molar-refractivity contribution is 0.673. The van der Waals surface area contributed by atoms with Crippen molar-refractivity contribution >= 4 is 49.8 Å². The Morgan fingerprint density at radius 1 is 0.296 bits per heavy atom. The topological polar surface area (TPSA) is 16.4 Å². The molecule has 0 spiro atoms. The summed E-state index contributed by atoms with van der Waals surface area (Å²) in [5.41, 5.74) is 14.3. The number of hydrogen-bond acceptors (Lipinski definition) is 2. The first-order valence-corrected chi connectivity index (χ1v) is 18.4. The van der Waals surface area contributed by atoms with Crippen LogP contribution in [-0.2, 0) is 0 Å². The predicted octanol–water partition coefficient (Wildman–Crippen LogP) is 14.9. The molecular formula is C52H35NO. The smallest absolute Gasteiger partial charge is 0.143 e. The molecule has 1 aromatic heterocycles. The van der Waals surface area contributed by atoms with Crippen LogP contribution in [0.5, 0.6) is 0 Å². The van der Waals surface area contributed by atoms with Gasteiger partial charge in [-0.15, -0.1) is 0 Å². The highest BCUT2D eigenvalue weighted by Gasteiger charge is 2.22. The summed E-state index contributed by atoms with van der Waals surface area (Å²) in [6.07, 6.45) is 0. The van der Waals surface area contributed by atoms with E-state index < -0.39 is 0 Å². The van der Waals surface area contributed by atoms with Gasteiger partial charge in [0.05, 0.1) is 5.69 Å². The zero-order chi connectivity index (χ0) is 35.8. The van der Waals surface area contributed by atoms with E-state index >= 15 is 0 Å². The molecule has 0 bridgehead atoms. The summed E-state index contributed by atoms with van der Waals surface area (Å²) in [5.74, 6) is 0. The molecule has 2 heteroatoms. The average molecular weight is 690 g/mol. The first kappa shape index (κ1) is 31.6. The normalized spacial score (nSPS) is 11.3. The molecule has 0 aliphatic rings. The predicted molar refractivity (Wildman–Crippen MR) is 228 cm³/mol. The van der Waals surface area contributed by atoms with E-state index in [-0.39, 0.29) is 0 Å². The summed E-state index contributed by atoms with van der Waals surface area (Å²) < 4.78 is 6.94. The maximum atomic E-state index is 6.94. The average Bonchev–Trinajstić information content (AvgIpc) is 3.62. The molecule has 0 saturated carbocycles. The van der Waals surface area contributed by atoms with Crippen LogP contribution in [0.1, 0.15) is 0 Å². The van der Waals surface area contributed by atoms with Crippen LogP contribution in [0.4, 0.5) is 17.1 Å². The Hall–Kier alpha value is -7.16. The second kappa shape index (κ2) is 13.4. The molecule has 254 valence electrons. The minimum Gasteiger partial charge on any atom is -0.455 e. The van der Waals surface area contributed by atoms with Gasteiger partial charge in [0.2, 0.25) is 0 Å². The second-order valence-electron chi connectivity index (χ2n) is 13.7. The number of furan rings is 1. The van der Waals surface area contributed by atoms with Crippen molar-refractivity contribution in [3.8, 4) is 44.5 Å².